The molecule has 0 aromatic heterocycles. The van der Waals surface area contributed by atoms with Gasteiger partial charge >= 0.3 is 6.03 Å². The molecule has 2 fully saturated rings. The van der Waals surface area contributed by atoms with E-state index in [1.807, 2.05) is 24.3 Å². The zero-order chi connectivity index (χ0) is 26.2. The van der Waals surface area contributed by atoms with Gasteiger partial charge in [0.05, 0.1) is 6.17 Å². The van der Waals surface area contributed by atoms with Gasteiger partial charge in [0.1, 0.15) is 6.29 Å². The molecule has 1 aliphatic heterocycles. The Balaban J connectivity index is 1.49. The molecular formula is C30H48N6O. The fraction of sp³-hybridized carbons (Fsp3) is 0.633. The molecule has 7 heteroatoms. The van der Waals surface area contributed by atoms with E-state index in [2.05, 4.69) is 77.2 Å². The normalized spacial score (nSPS) is 23.9. The lowest BCUT2D eigenvalue weighted by molar-refractivity contribution is -0.0317. The van der Waals surface area contributed by atoms with E-state index in [4.69, 9.17) is 0 Å². The number of carbonyl (C=O) groups is 1. The molecule has 2 aliphatic rings. The number of nitrogens with zero attached hydrogens (tertiary/aromatic N) is 2. The summed E-state index contributed by atoms with van der Waals surface area (Å²) >= 11 is 0. The first-order chi connectivity index (χ1) is 17.9. The first kappa shape index (κ1) is 27.8. The number of anilines is 1. The van der Waals surface area contributed by atoms with Crippen LogP contribution in [0.25, 0.3) is 10.8 Å². The first-order valence-corrected chi connectivity index (χ1v) is 14.4. The second kappa shape index (κ2) is 13.6. The lowest BCUT2D eigenvalue weighted by Gasteiger charge is -2.51. The molecular weight excluding hydrogens is 460 g/mol. The number of urea groups is 1. The van der Waals surface area contributed by atoms with Crippen LogP contribution in [0.15, 0.2) is 42.5 Å². The van der Waals surface area contributed by atoms with Crippen LogP contribution in [0.5, 0.6) is 0 Å². The van der Waals surface area contributed by atoms with Crippen molar-refractivity contribution >= 4 is 22.5 Å². The average Bonchev–Trinajstić information content (AvgIpc) is 3.15. The molecule has 0 spiro atoms. The van der Waals surface area contributed by atoms with E-state index in [-0.39, 0.29) is 18.5 Å². The molecule has 2 aromatic rings. The van der Waals surface area contributed by atoms with E-state index in [1.54, 1.807) is 0 Å². The highest BCUT2D eigenvalue weighted by Crippen LogP contribution is 2.31. The number of fused-ring (bicyclic) bond motifs is 1. The second-order valence-electron chi connectivity index (χ2n) is 11.5. The maximum absolute atomic E-state index is 13.3. The number of rotatable bonds is 9. The standard InChI is InChI=1S/C30H48N6O/c1-22(2)27-21-28(31-18-11-19-35(3)4)33-29(36(27)26-14-7-5-6-8-15-26)34-30(37)32-25-17-16-23-12-9-10-13-24(23)20-25/h9-10,12-13,16-17,20,22,26-29,31,33H,5-8,11,14-15,18-19,21H2,1-4H3,(H2,32,34,37). The molecule has 37 heavy (non-hydrogen) atoms. The van der Waals surface area contributed by atoms with Crippen molar-refractivity contribution in [3.8, 4) is 0 Å². The van der Waals surface area contributed by atoms with Crippen molar-refractivity contribution in [2.75, 3.05) is 32.5 Å². The van der Waals surface area contributed by atoms with Crippen molar-refractivity contribution in [3.05, 3.63) is 42.5 Å². The number of benzene rings is 2. The monoisotopic (exact) mass is 508 g/mol. The molecule has 204 valence electrons. The van der Waals surface area contributed by atoms with Crippen LogP contribution in [0, 0.1) is 5.92 Å². The minimum absolute atomic E-state index is 0.165. The van der Waals surface area contributed by atoms with Gasteiger partial charge in [0, 0.05) is 17.8 Å². The van der Waals surface area contributed by atoms with Crippen molar-refractivity contribution in [2.24, 2.45) is 5.92 Å². The maximum Gasteiger partial charge on any atom is 0.321 e. The molecule has 7 nitrogen and oxygen atoms in total. The van der Waals surface area contributed by atoms with Crippen LogP contribution >= 0.6 is 0 Å². The fourth-order valence-electron chi connectivity index (χ4n) is 6.04. The smallest absolute Gasteiger partial charge is 0.309 e. The molecule has 3 atom stereocenters. The number of nitrogens with one attached hydrogen (secondary N) is 4. The highest BCUT2D eigenvalue weighted by atomic mass is 16.2. The molecule has 1 saturated heterocycles. The third kappa shape index (κ3) is 7.90. The number of hydrogen-bond donors (Lipinski definition) is 4. The van der Waals surface area contributed by atoms with E-state index in [0.29, 0.717) is 18.0 Å². The number of carbonyl (C=O) groups excluding carboxylic acids is 1. The van der Waals surface area contributed by atoms with Crippen molar-refractivity contribution in [2.45, 2.75) is 89.8 Å². The zero-order valence-electron chi connectivity index (χ0n) is 23.3. The van der Waals surface area contributed by atoms with Gasteiger partial charge in [0.25, 0.3) is 0 Å². The quantitative estimate of drug-likeness (QED) is 0.278. The van der Waals surface area contributed by atoms with E-state index >= 15 is 0 Å². The lowest BCUT2D eigenvalue weighted by atomic mass is 9.92. The summed E-state index contributed by atoms with van der Waals surface area (Å²) in [5.74, 6) is 0.504. The molecule has 3 unspecified atom stereocenters. The van der Waals surface area contributed by atoms with Gasteiger partial charge in [-0.2, -0.15) is 0 Å². The topological polar surface area (TPSA) is 71.7 Å². The van der Waals surface area contributed by atoms with Crippen LogP contribution in [0.2, 0.25) is 0 Å². The van der Waals surface area contributed by atoms with Crippen LogP contribution in [-0.4, -0.2) is 67.6 Å². The van der Waals surface area contributed by atoms with Crippen LogP contribution in [0.1, 0.15) is 65.2 Å². The van der Waals surface area contributed by atoms with E-state index in [1.165, 1.54) is 43.9 Å². The van der Waals surface area contributed by atoms with Gasteiger partial charge in [-0.15, -0.1) is 0 Å². The summed E-state index contributed by atoms with van der Waals surface area (Å²) in [7, 11) is 4.23. The molecule has 1 saturated carbocycles. The Kier molecular flexibility index (Phi) is 10.2. The summed E-state index contributed by atoms with van der Waals surface area (Å²) in [5, 5.41) is 16.2. The van der Waals surface area contributed by atoms with Crippen LogP contribution in [-0.2, 0) is 0 Å². The Morgan fingerprint density at radius 2 is 1.78 bits per heavy atom. The van der Waals surface area contributed by atoms with Crippen LogP contribution < -0.4 is 21.3 Å². The second-order valence-corrected chi connectivity index (χ2v) is 11.5. The Morgan fingerprint density at radius 3 is 2.49 bits per heavy atom. The van der Waals surface area contributed by atoms with E-state index in [0.717, 1.165) is 37.0 Å². The average molecular weight is 509 g/mol. The van der Waals surface area contributed by atoms with Gasteiger partial charge in [-0.25, -0.2) is 4.79 Å². The van der Waals surface area contributed by atoms with Crippen LogP contribution in [0.4, 0.5) is 10.5 Å². The van der Waals surface area contributed by atoms with E-state index in [9.17, 15) is 4.79 Å². The van der Waals surface area contributed by atoms with Gasteiger partial charge in [-0.05, 0) is 81.7 Å². The fourth-order valence-corrected chi connectivity index (χ4v) is 6.04. The SMILES string of the molecule is CC(C)C1CC(NCCCN(C)C)NC(NC(=O)Nc2ccc3ccccc3c2)N1C1CCCCCC1. The van der Waals surface area contributed by atoms with Crippen molar-refractivity contribution < 1.29 is 4.79 Å². The molecule has 4 N–H and O–H groups in total. The van der Waals surface area contributed by atoms with Gasteiger partial charge in [0.2, 0.25) is 0 Å². The lowest BCUT2D eigenvalue weighted by Crippen LogP contribution is -2.72. The minimum atomic E-state index is -0.212. The van der Waals surface area contributed by atoms with Crippen LogP contribution in [0.3, 0.4) is 0 Å². The molecule has 1 heterocycles. The molecule has 4 rings (SSSR count). The van der Waals surface area contributed by atoms with E-state index < -0.39 is 0 Å². The largest absolute Gasteiger partial charge is 0.321 e. The van der Waals surface area contributed by atoms with Gasteiger partial charge < -0.3 is 20.9 Å². The Hall–Kier alpha value is -2.19. The predicted octanol–water partition coefficient (Wildman–Crippen LogP) is 5.16. The van der Waals surface area contributed by atoms with Gasteiger partial charge in [-0.1, -0.05) is 69.9 Å². The van der Waals surface area contributed by atoms with Crippen molar-refractivity contribution in [3.63, 3.8) is 0 Å². The minimum Gasteiger partial charge on any atom is -0.309 e. The summed E-state index contributed by atoms with van der Waals surface area (Å²) in [6.07, 6.45) is 9.69. The number of amides is 2. The van der Waals surface area contributed by atoms with Gasteiger partial charge in [-0.3, -0.25) is 10.2 Å². The Labute approximate surface area is 223 Å². The molecule has 0 radical (unpaired) electrons. The maximum atomic E-state index is 13.3. The Bertz CT molecular complexity index is 987. The highest BCUT2D eigenvalue weighted by Gasteiger charge is 2.41. The summed E-state index contributed by atoms with van der Waals surface area (Å²) in [5.41, 5.74) is 0.812. The molecule has 2 amide bonds. The first-order valence-electron chi connectivity index (χ1n) is 14.4. The molecule has 0 bridgehead atoms. The number of hydrogen-bond acceptors (Lipinski definition) is 5. The zero-order valence-corrected chi connectivity index (χ0v) is 23.3. The Morgan fingerprint density at radius 1 is 1.05 bits per heavy atom. The summed E-state index contributed by atoms with van der Waals surface area (Å²) < 4.78 is 0. The summed E-state index contributed by atoms with van der Waals surface area (Å²) in [4.78, 5) is 18.1. The summed E-state index contributed by atoms with van der Waals surface area (Å²) in [6.45, 7) is 6.68. The van der Waals surface area contributed by atoms with Crippen molar-refractivity contribution in [1.29, 1.82) is 0 Å². The van der Waals surface area contributed by atoms with Gasteiger partial charge in [0.15, 0.2) is 0 Å². The predicted molar refractivity (Wildman–Crippen MR) is 155 cm³/mol. The highest BCUT2D eigenvalue weighted by molar-refractivity contribution is 5.93. The molecule has 1 aliphatic carbocycles. The summed E-state index contributed by atoms with van der Waals surface area (Å²) in [6, 6.07) is 15.0. The molecule has 2 aromatic carbocycles. The third-order valence-electron chi connectivity index (χ3n) is 7.98. The van der Waals surface area contributed by atoms with Crippen molar-refractivity contribution in [1.82, 2.24) is 25.8 Å². The third-order valence-corrected chi connectivity index (χ3v) is 7.98.